The van der Waals surface area contributed by atoms with E-state index in [-0.39, 0.29) is 23.3 Å². The number of para-hydroxylation sites is 1. The minimum Gasteiger partial charge on any atom is -0.460 e. The highest BCUT2D eigenvalue weighted by Crippen LogP contribution is 2.39. The number of benzene rings is 1. The molecule has 2 aliphatic rings. The molecule has 2 fully saturated rings. The third kappa shape index (κ3) is 2.70. The van der Waals surface area contributed by atoms with Gasteiger partial charge < -0.3 is 4.74 Å². The van der Waals surface area contributed by atoms with Crippen LogP contribution in [0.2, 0.25) is 0 Å². The second-order valence-electron chi connectivity index (χ2n) is 5.68. The van der Waals surface area contributed by atoms with E-state index in [2.05, 4.69) is 0 Å². The number of nitro benzene ring substituents is 1. The summed E-state index contributed by atoms with van der Waals surface area (Å²) in [6.07, 6.45) is 0.673. The lowest BCUT2D eigenvalue weighted by Crippen LogP contribution is -2.23. The number of cyclic esters (lactones) is 1. The molecule has 2 unspecified atom stereocenters. The van der Waals surface area contributed by atoms with Gasteiger partial charge in [-0.25, -0.2) is 8.42 Å². The van der Waals surface area contributed by atoms with Crippen molar-refractivity contribution in [1.29, 1.82) is 0 Å². The molecule has 0 aliphatic carbocycles. The summed E-state index contributed by atoms with van der Waals surface area (Å²) in [6, 6.07) is 4.81. The van der Waals surface area contributed by atoms with Crippen LogP contribution in [0.5, 0.6) is 0 Å². The van der Waals surface area contributed by atoms with Crippen molar-refractivity contribution in [3.63, 3.8) is 0 Å². The van der Waals surface area contributed by atoms with E-state index in [1.165, 1.54) is 18.2 Å². The van der Waals surface area contributed by atoms with E-state index < -0.39 is 32.8 Å². The van der Waals surface area contributed by atoms with Crippen LogP contribution in [-0.2, 0) is 19.6 Å². The lowest BCUT2D eigenvalue weighted by atomic mass is 10.0. The number of rotatable bonds is 5. The molecule has 1 aromatic rings. The maximum atomic E-state index is 12.6. The number of ether oxygens (including phenoxy) is 1. The molecule has 2 saturated heterocycles. The first kappa shape index (κ1) is 15.9. The summed E-state index contributed by atoms with van der Waals surface area (Å²) >= 11 is 0. The molecule has 124 valence electrons. The van der Waals surface area contributed by atoms with Crippen LogP contribution >= 0.6 is 0 Å². The highest BCUT2D eigenvalue weighted by atomic mass is 32.2. The fraction of sp³-hybridized carbons (Fsp3) is 0.500. The average molecular weight is 340 g/mol. The fourth-order valence-corrected chi connectivity index (χ4v) is 4.66. The van der Waals surface area contributed by atoms with Gasteiger partial charge in [-0.1, -0.05) is 19.1 Å². The van der Waals surface area contributed by atoms with Gasteiger partial charge >= 0.3 is 5.97 Å². The molecule has 4 atom stereocenters. The van der Waals surface area contributed by atoms with Crippen LogP contribution < -0.4 is 0 Å². The van der Waals surface area contributed by atoms with Gasteiger partial charge in [-0.2, -0.15) is 4.31 Å². The van der Waals surface area contributed by atoms with E-state index in [0.717, 1.165) is 10.4 Å². The zero-order chi connectivity index (χ0) is 16.8. The predicted molar refractivity (Wildman–Crippen MR) is 79.1 cm³/mol. The van der Waals surface area contributed by atoms with Crippen molar-refractivity contribution in [3.05, 3.63) is 34.4 Å². The van der Waals surface area contributed by atoms with Gasteiger partial charge in [-0.3, -0.25) is 14.9 Å². The van der Waals surface area contributed by atoms with Gasteiger partial charge in [0.2, 0.25) is 10.0 Å². The lowest BCUT2D eigenvalue weighted by molar-refractivity contribution is -0.387. The van der Waals surface area contributed by atoms with Crippen molar-refractivity contribution in [3.8, 4) is 0 Å². The number of hydrogen-bond donors (Lipinski definition) is 0. The Morgan fingerprint density at radius 2 is 2.09 bits per heavy atom. The Labute approximate surface area is 133 Å². The molecule has 2 aliphatic heterocycles. The Hall–Kier alpha value is -2.00. The maximum absolute atomic E-state index is 12.6. The van der Waals surface area contributed by atoms with Crippen molar-refractivity contribution < 1.29 is 22.9 Å². The third-order valence-corrected chi connectivity index (χ3v) is 6.23. The summed E-state index contributed by atoms with van der Waals surface area (Å²) in [5, 5.41) is 11.0. The number of carbonyl (C=O) groups excluding carboxylic acids is 1. The lowest BCUT2D eigenvalue weighted by Gasteiger charge is -2.10. The summed E-state index contributed by atoms with van der Waals surface area (Å²) < 4.78 is 31.6. The zero-order valence-electron chi connectivity index (χ0n) is 12.4. The molecule has 8 nitrogen and oxygen atoms in total. The molecule has 2 heterocycles. The summed E-state index contributed by atoms with van der Waals surface area (Å²) in [7, 11) is -3.97. The second-order valence-corrected chi connectivity index (χ2v) is 7.54. The van der Waals surface area contributed by atoms with Gasteiger partial charge in [-0.05, 0) is 18.9 Å². The number of hydrogen-bond acceptors (Lipinski definition) is 6. The van der Waals surface area contributed by atoms with Crippen molar-refractivity contribution in [1.82, 2.24) is 4.31 Å². The number of carbonyl (C=O) groups is 1. The smallest absolute Gasteiger partial charge is 0.309 e. The van der Waals surface area contributed by atoms with E-state index in [1.807, 2.05) is 6.92 Å². The van der Waals surface area contributed by atoms with E-state index in [4.69, 9.17) is 4.74 Å². The van der Waals surface area contributed by atoms with Gasteiger partial charge in [0.25, 0.3) is 5.69 Å². The van der Waals surface area contributed by atoms with E-state index in [1.54, 1.807) is 0 Å². The van der Waals surface area contributed by atoms with Crippen LogP contribution in [-0.4, -0.2) is 42.3 Å². The van der Waals surface area contributed by atoms with E-state index >= 15 is 0 Å². The molecule has 9 heteroatoms. The predicted octanol–water partition coefficient (Wildman–Crippen LogP) is 1.31. The van der Waals surface area contributed by atoms with Gasteiger partial charge in [0.1, 0.15) is 6.10 Å². The Balaban J connectivity index is 1.82. The first-order valence-corrected chi connectivity index (χ1v) is 8.76. The molecule has 0 radical (unpaired) electrons. The Morgan fingerprint density at radius 3 is 2.70 bits per heavy atom. The van der Waals surface area contributed by atoms with Crippen molar-refractivity contribution in [2.45, 2.75) is 36.8 Å². The minimum atomic E-state index is -3.97. The van der Waals surface area contributed by atoms with Gasteiger partial charge in [0, 0.05) is 12.6 Å². The number of nitrogens with zero attached hydrogens (tertiary/aromatic N) is 2. The quantitative estimate of drug-likeness (QED) is 0.346. The molecule has 0 saturated carbocycles. The molecule has 0 bridgehead atoms. The molecular weight excluding hydrogens is 324 g/mol. The minimum absolute atomic E-state index is 0.198. The SMILES string of the molecule is CC[C@@H]1C[C@@H](C2CN2S(=O)(=O)c2ccccc2[N+](=O)[O-])OC1=O. The topological polar surface area (TPSA) is 107 Å². The Kier molecular flexibility index (Phi) is 3.85. The van der Waals surface area contributed by atoms with Crippen LogP contribution in [0.25, 0.3) is 0 Å². The molecule has 0 aromatic heterocycles. The van der Waals surface area contributed by atoms with Crippen molar-refractivity contribution >= 4 is 21.7 Å². The van der Waals surface area contributed by atoms with Crippen LogP contribution in [0.15, 0.2) is 29.2 Å². The number of esters is 1. The van der Waals surface area contributed by atoms with Crippen LogP contribution in [0.1, 0.15) is 19.8 Å². The number of nitro groups is 1. The summed E-state index contributed by atoms with van der Waals surface area (Å²) in [5.74, 6) is -0.497. The molecule has 0 N–H and O–H groups in total. The van der Waals surface area contributed by atoms with Gasteiger partial charge in [0.05, 0.1) is 16.9 Å². The Morgan fingerprint density at radius 1 is 1.39 bits per heavy atom. The monoisotopic (exact) mass is 340 g/mol. The average Bonchev–Trinajstić information content (AvgIpc) is 3.25. The first-order chi connectivity index (χ1) is 10.9. The highest BCUT2D eigenvalue weighted by Gasteiger charge is 2.54. The Bertz CT molecular complexity index is 762. The molecule has 0 spiro atoms. The molecule has 23 heavy (non-hydrogen) atoms. The second kappa shape index (κ2) is 5.57. The summed E-state index contributed by atoms with van der Waals surface area (Å²) in [5.41, 5.74) is -0.451. The highest BCUT2D eigenvalue weighted by molar-refractivity contribution is 7.89. The molecular formula is C14H16N2O6S. The zero-order valence-corrected chi connectivity index (χ0v) is 13.2. The standard InChI is InChI=1S/C14H16N2O6S/c1-2-9-7-12(22-14(9)17)11-8-15(11)23(20,21)13-6-4-3-5-10(13)16(18)19/h3-6,9,11-12H,2,7-8H2,1H3/t9-,11?,12+,15?/m1/s1. The normalized spacial score (nSPS) is 30.0. The first-order valence-electron chi connectivity index (χ1n) is 7.32. The fourth-order valence-electron chi connectivity index (χ4n) is 2.91. The van der Waals surface area contributed by atoms with Crippen LogP contribution in [0.3, 0.4) is 0 Å². The third-order valence-electron chi connectivity index (χ3n) is 4.29. The van der Waals surface area contributed by atoms with Crippen LogP contribution in [0, 0.1) is 16.0 Å². The van der Waals surface area contributed by atoms with Gasteiger partial charge in [-0.15, -0.1) is 0 Å². The molecule has 1 aromatic carbocycles. The molecule has 0 amide bonds. The maximum Gasteiger partial charge on any atom is 0.309 e. The van der Waals surface area contributed by atoms with Crippen molar-refractivity contribution in [2.24, 2.45) is 5.92 Å². The summed E-state index contributed by atoms with van der Waals surface area (Å²) in [4.78, 5) is 21.6. The van der Waals surface area contributed by atoms with E-state index in [9.17, 15) is 23.3 Å². The summed E-state index contributed by atoms with van der Waals surface area (Å²) in [6.45, 7) is 2.09. The number of sulfonamides is 1. The largest absolute Gasteiger partial charge is 0.460 e. The van der Waals surface area contributed by atoms with Gasteiger partial charge in [0.15, 0.2) is 4.90 Å². The van der Waals surface area contributed by atoms with Crippen molar-refractivity contribution in [2.75, 3.05) is 6.54 Å². The van der Waals surface area contributed by atoms with Crippen LogP contribution in [0.4, 0.5) is 5.69 Å². The van der Waals surface area contributed by atoms with E-state index in [0.29, 0.717) is 12.8 Å². The molecule has 3 rings (SSSR count).